The second-order valence-corrected chi connectivity index (χ2v) is 12.6. The monoisotopic (exact) mass is 609 g/mol. The lowest BCUT2D eigenvalue weighted by Gasteiger charge is -2.42. The van der Waals surface area contributed by atoms with Crippen molar-refractivity contribution in [3.05, 3.63) is 94.1 Å². The lowest BCUT2D eigenvalue weighted by molar-refractivity contribution is -0.132. The molecule has 2 aromatic carbocycles. The van der Waals surface area contributed by atoms with Crippen molar-refractivity contribution in [2.45, 2.75) is 85.3 Å². The predicted octanol–water partition coefficient (Wildman–Crippen LogP) is 5.97. The Hall–Kier alpha value is -3.36. The summed E-state index contributed by atoms with van der Waals surface area (Å²) < 4.78 is 28.6. The summed E-state index contributed by atoms with van der Waals surface area (Å²) in [6.07, 6.45) is 4.71. The fraction of sp³-hybridized carbons (Fsp3) is 0.500. The zero-order chi connectivity index (χ0) is 32.7. The van der Waals surface area contributed by atoms with Gasteiger partial charge in [0.1, 0.15) is 11.6 Å². The third kappa shape index (κ3) is 8.42. The molecule has 2 amide bonds. The normalized spacial score (nSPS) is 18.3. The van der Waals surface area contributed by atoms with Gasteiger partial charge in [0.2, 0.25) is 11.8 Å². The minimum Gasteiger partial charge on any atom is -0.391 e. The highest BCUT2D eigenvalue weighted by Crippen LogP contribution is 2.44. The van der Waals surface area contributed by atoms with E-state index in [0.29, 0.717) is 24.2 Å². The fourth-order valence-electron chi connectivity index (χ4n) is 6.34. The van der Waals surface area contributed by atoms with Crippen molar-refractivity contribution < 1.29 is 23.5 Å². The summed E-state index contributed by atoms with van der Waals surface area (Å²) in [5, 5.41) is 15.3. The van der Waals surface area contributed by atoms with Crippen molar-refractivity contribution in [2.75, 3.05) is 19.6 Å². The quantitative estimate of drug-likeness (QED) is 0.232. The molecule has 8 heteroatoms. The van der Waals surface area contributed by atoms with E-state index in [1.807, 2.05) is 39.8 Å². The number of amides is 2. The fourth-order valence-corrected chi connectivity index (χ4v) is 6.34. The minimum absolute atomic E-state index is 0.0239. The van der Waals surface area contributed by atoms with Gasteiger partial charge in [-0.05, 0) is 81.7 Å². The molecule has 0 aliphatic heterocycles. The lowest BCUT2D eigenvalue weighted by Crippen LogP contribution is -2.53. The molecule has 0 saturated heterocycles. The zero-order valence-electron chi connectivity index (χ0n) is 27.1. The van der Waals surface area contributed by atoms with Crippen LogP contribution in [0.2, 0.25) is 0 Å². The van der Waals surface area contributed by atoms with E-state index in [-0.39, 0.29) is 30.9 Å². The molecule has 1 unspecified atom stereocenters. The first-order valence-electron chi connectivity index (χ1n) is 15.7. The molecule has 3 rings (SSSR count). The molecule has 1 aliphatic carbocycles. The first-order chi connectivity index (χ1) is 20.8. The number of allylic oxidation sites excluding steroid dienone is 2. The summed E-state index contributed by atoms with van der Waals surface area (Å²) in [5.41, 5.74) is 7.74. The van der Waals surface area contributed by atoms with Crippen LogP contribution in [0.25, 0.3) is 0 Å². The minimum atomic E-state index is -1.48. The van der Waals surface area contributed by atoms with E-state index in [1.54, 1.807) is 24.0 Å². The van der Waals surface area contributed by atoms with Crippen LogP contribution >= 0.6 is 0 Å². The highest BCUT2D eigenvalue weighted by molar-refractivity contribution is 5.97. The Bertz CT molecular complexity index is 1360. The number of carbonyl (C=O) groups excluding carboxylic acids is 2. The largest absolute Gasteiger partial charge is 0.391 e. The molecule has 4 N–H and O–H groups in total. The molecule has 44 heavy (non-hydrogen) atoms. The van der Waals surface area contributed by atoms with Crippen molar-refractivity contribution in [1.29, 1.82) is 0 Å². The molecule has 6 nitrogen and oxygen atoms in total. The van der Waals surface area contributed by atoms with Gasteiger partial charge in [-0.1, -0.05) is 62.8 Å². The highest BCUT2D eigenvalue weighted by Gasteiger charge is 2.48. The number of halogens is 2. The van der Waals surface area contributed by atoms with Gasteiger partial charge in [-0.2, -0.15) is 0 Å². The summed E-state index contributed by atoms with van der Waals surface area (Å²) >= 11 is 0. The Labute approximate surface area is 261 Å². The Balaban J connectivity index is 2.04. The maximum Gasteiger partial charge on any atom is 0.249 e. The molecular formula is C36H49F2N3O3. The van der Waals surface area contributed by atoms with E-state index >= 15 is 0 Å². The second kappa shape index (κ2) is 15.1. The van der Waals surface area contributed by atoms with Crippen LogP contribution in [-0.2, 0) is 28.0 Å². The van der Waals surface area contributed by atoms with Crippen LogP contribution in [0.3, 0.4) is 0 Å². The molecule has 0 spiro atoms. The van der Waals surface area contributed by atoms with Crippen molar-refractivity contribution >= 4 is 11.8 Å². The Kier molecular flexibility index (Phi) is 12.0. The molecule has 3 atom stereocenters. The molecule has 2 aromatic rings. The van der Waals surface area contributed by atoms with Gasteiger partial charge in [-0.25, -0.2) is 8.78 Å². The summed E-state index contributed by atoms with van der Waals surface area (Å²) in [7, 11) is 0. The van der Waals surface area contributed by atoms with Crippen molar-refractivity contribution in [2.24, 2.45) is 17.1 Å². The van der Waals surface area contributed by atoms with Gasteiger partial charge >= 0.3 is 0 Å². The van der Waals surface area contributed by atoms with Gasteiger partial charge in [-0.15, -0.1) is 0 Å². The Morgan fingerprint density at radius 1 is 1.05 bits per heavy atom. The average molecular weight is 610 g/mol. The molecule has 0 heterocycles. The molecule has 0 saturated carbocycles. The maximum atomic E-state index is 14.3. The SMILES string of the molecule is CCCN(CCC)C(=O)C1=CC(C)=CC(C(N)=O)([C@H](Cc2cc(F)cc(F)c2)[C@@H](O)CNC(C)(C)c2cccc(CC)c2)C1. The van der Waals surface area contributed by atoms with Gasteiger partial charge in [-0.3, -0.25) is 9.59 Å². The van der Waals surface area contributed by atoms with E-state index < -0.39 is 40.5 Å². The number of aliphatic hydroxyl groups is 1. The van der Waals surface area contributed by atoms with Crippen LogP contribution in [-0.4, -0.2) is 47.6 Å². The van der Waals surface area contributed by atoms with E-state index in [0.717, 1.165) is 30.9 Å². The van der Waals surface area contributed by atoms with E-state index in [1.165, 1.54) is 17.7 Å². The summed E-state index contributed by atoms with van der Waals surface area (Å²) in [5.74, 6) is -3.28. The third-order valence-corrected chi connectivity index (χ3v) is 8.69. The van der Waals surface area contributed by atoms with Crippen LogP contribution in [0.5, 0.6) is 0 Å². The number of hydrogen-bond donors (Lipinski definition) is 3. The standard InChI is InChI=1S/C36H49F2N3O3/c1-7-13-41(14-8-2)33(43)27-15-24(4)21-36(22-27,34(39)44)31(19-26-17-29(37)20-30(38)18-26)32(42)23-40-35(5,6)28-12-10-11-25(9-3)16-28/h10-12,15-18,20-21,31-32,40,42H,7-9,13-14,19,22-23H2,1-6H3,(H2,39,44)/t31-,32+,36?/m1/s1. The van der Waals surface area contributed by atoms with Crippen molar-refractivity contribution in [3.63, 3.8) is 0 Å². The van der Waals surface area contributed by atoms with Crippen molar-refractivity contribution in [1.82, 2.24) is 10.2 Å². The van der Waals surface area contributed by atoms with Gasteiger partial charge in [0.25, 0.3) is 0 Å². The summed E-state index contributed by atoms with van der Waals surface area (Å²) in [6.45, 7) is 13.1. The number of aliphatic hydroxyl groups excluding tert-OH is 1. The molecule has 240 valence electrons. The topological polar surface area (TPSA) is 95.7 Å². The molecule has 0 aromatic heterocycles. The Morgan fingerprint density at radius 2 is 1.68 bits per heavy atom. The van der Waals surface area contributed by atoms with E-state index in [9.17, 15) is 23.5 Å². The molecule has 0 bridgehead atoms. The number of aryl methyl sites for hydroxylation is 1. The summed E-state index contributed by atoms with van der Waals surface area (Å²) in [6, 6.07) is 11.4. The van der Waals surface area contributed by atoms with Gasteiger partial charge in [0.15, 0.2) is 0 Å². The number of primary amides is 1. The Morgan fingerprint density at radius 3 is 2.25 bits per heavy atom. The first kappa shape index (κ1) is 35.1. The van der Waals surface area contributed by atoms with Crippen molar-refractivity contribution in [3.8, 4) is 0 Å². The number of nitrogens with one attached hydrogen (secondary N) is 1. The highest BCUT2D eigenvalue weighted by atomic mass is 19.1. The van der Waals surface area contributed by atoms with E-state index in [4.69, 9.17) is 5.73 Å². The smallest absolute Gasteiger partial charge is 0.249 e. The molecule has 0 fully saturated rings. The predicted molar refractivity (Wildman–Crippen MR) is 172 cm³/mol. The van der Waals surface area contributed by atoms with Crippen LogP contribution < -0.4 is 11.1 Å². The average Bonchev–Trinajstić information content (AvgIpc) is 2.97. The van der Waals surface area contributed by atoms with E-state index in [2.05, 4.69) is 24.4 Å². The number of hydrogen-bond acceptors (Lipinski definition) is 4. The summed E-state index contributed by atoms with van der Waals surface area (Å²) in [4.78, 5) is 29.0. The molecular weight excluding hydrogens is 560 g/mol. The van der Waals surface area contributed by atoms with Crippen LogP contribution in [0.4, 0.5) is 8.78 Å². The zero-order valence-corrected chi connectivity index (χ0v) is 27.1. The van der Waals surface area contributed by atoms with Gasteiger partial charge < -0.3 is 21.1 Å². The number of rotatable bonds is 15. The number of nitrogens with two attached hydrogens (primary N) is 1. The van der Waals surface area contributed by atoms with Crippen LogP contribution in [0, 0.1) is 23.0 Å². The number of carbonyl (C=O) groups is 2. The first-order valence-corrected chi connectivity index (χ1v) is 15.7. The number of nitrogens with zero attached hydrogens (tertiary/aromatic N) is 1. The second-order valence-electron chi connectivity index (χ2n) is 12.6. The maximum absolute atomic E-state index is 14.3. The molecule has 1 aliphatic rings. The van der Waals surface area contributed by atoms with Crippen LogP contribution in [0.15, 0.2) is 65.8 Å². The lowest BCUT2D eigenvalue weighted by atomic mass is 9.63. The van der Waals surface area contributed by atoms with Gasteiger partial charge in [0, 0.05) is 42.7 Å². The third-order valence-electron chi connectivity index (χ3n) is 8.69. The van der Waals surface area contributed by atoms with Crippen LogP contribution in [0.1, 0.15) is 77.5 Å². The molecule has 0 radical (unpaired) electrons. The number of benzene rings is 2. The van der Waals surface area contributed by atoms with Gasteiger partial charge in [0.05, 0.1) is 11.5 Å².